The number of hydrogen-bond acceptors (Lipinski definition) is 2. The van der Waals surface area contributed by atoms with Gasteiger partial charge in [-0.25, -0.2) is 4.79 Å². The van der Waals surface area contributed by atoms with Gasteiger partial charge in [-0.1, -0.05) is 54.1 Å². The molecular formula is C23H25ClN2O2. The van der Waals surface area contributed by atoms with Gasteiger partial charge in [-0.15, -0.1) is 0 Å². The second-order valence-electron chi connectivity index (χ2n) is 7.06. The molecule has 3 rings (SSSR count). The van der Waals surface area contributed by atoms with Gasteiger partial charge in [0, 0.05) is 41.1 Å². The molecule has 0 amide bonds. The molecule has 0 aliphatic carbocycles. The van der Waals surface area contributed by atoms with Crippen molar-refractivity contribution in [2.45, 2.75) is 39.9 Å². The highest BCUT2D eigenvalue weighted by molar-refractivity contribution is 6.30. The zero-order valence-electron chi connectivity index (χ0n) is 16.4. The minimum absolute atomic E-state index is 0.127. The lowest BCUT2D eigenvalue weighted by Crippen LogP contribution is -2.19. The van der Waals surface area contributed by atoms with Gasteiger partial charge >= 0.3 is 5.97 Å². The topological polar surface area (TPSA) is 54.3 Å². The molecule has 146 valence electrons. The average molecular weight is 397 g/mol. The van der Waals surface area contributed by atoms with E-state index in [-0.39, 0.29) is 6.04 Å². The molecular weight excluding hydrogens is 372 g/mol. The van der Waals surface area contributed by atoms with Crippen molar-refractivity contribution in [2.75, 3.05) is 0 Å². The predicted octanol–water partition coefficient (Wildman–Crippen LogP) is 5.36. The number of nitrogens with zero attached hydrogens (tertiary/aromatic N) is 1. The average Bonchev–Trinajstić information content (AvgIpc) is 2.92. The second kappa shape index (κ2) is 8.63. The molecule has 2 N–H and O–H groups in total. The Bertz CT molecular complexity index is 963. The van der Waals surface area contributed by atoms with Crippen molar-refractivity contribution in [3.63, 3.8) is 0 Å². The largest absolute Gasteiger partial charge is 0.478 e. The van der Waals surface area contributed by atoms with Gasteiger partial charge in [-0.05, 0) is 44.0 Å². The Hall–Kier alpha value is -2.56. The SMILES string of the molecule is Cc1c(CN[C@@H](C)c2ccccc2)c(C(=O)O)c(C)n1Cc1ccc(Cl)cc1. The molecule has 0 fully saturated rings. The Morgan fingerprint density at radius 2 is 1.71 bits per heavy atom. The fraction of sp³-hybridized carbons (Fsp3) is 0.261. The summed E-state index contributed by atoms with van der Waals surface area (Å²) in [5.41, 5.74) is 5.22. The lowest BCUT2D eigenvalue weighted by Gasteiger charge is -2.15. The molecule has 2 aromatic carbocycles. The van der Waals surface area contributed by atoms with E-state index in [4.69, 9.17) is 11.6 Å². The van der Waals surface area contributed by atoms with Gasteiger partial charge in [0.25, 0.3) is 0 Å². The molecule has 1 heterocycles. The van der Waals surface area contributed by atoms with Crippen LogP contribution >= 0.6 is 11.6 Å². The van der Waals surface area contributed by atoms with Crippen LogP contribution in [0.25, 0.3) is 0 Å². The van der Waals surface area contributed by atoms with E-state index in [9.17, 15) is 9.90 Å². The zero-order valence-corrected chi connectivity index (χ0v) is 17.1. The Morgan fingerprint density at radius 3 is 2.32 bits per heavy atom. The summed E-state index contributed by atoms with van der Waals surface area (Å²) in [7, 11) is 0. The summed E-state index contributed by atoms with van der Waals surface area (Å²) in [6.07, 6.45) is 0. The minimum Gasteiger partial charge on any atom is -0.478 e. The lowest BCUT2D eigenvalue weighted by molar-refractivity contribution is 0.0694. The summed E-state index contributed by atoms with van der Waals surface area (Å²) in [6, 6.07) is 17.9. The van der Waals surface area contributed by atoms with Crippen LogP contribution in [-0.2, 0) is 13.1 Å². The first kappa shape index (κ1) is 20.2. The standard InChI is InChI=1S/C23H25ClN2O2/c1-15(19-7-5-4-6-8-19)25-13-21-16(2)26(17(3)22(21)23(27)28)14-18-9-11-20(24)12-10-18/h4-12,15,25H,13-14H2,1-3H3,(H,27,28)/t15-/m0/s1. The smallest absolute Gasteiger partial charge is 0.337 e. The molecule has 0 spiro atoms. The van der Waals surface area contributed by atoms with E-state index in [1.54, 1.807) is 0 Å². The van der Waals surface area contributed by atoms with Crippen LogP contribution in [0.5, 0.6) is 0 Å². The Labute approximate surface area is 170 Å². The highest BCUT2D eigenvalue weighted by Crippen LogP contribution is 2.25. The van der Waals surface area contributed by atoms with Gasteiger partial charge in [0.1, 0.15) is 0 Å². The maximum absolute atomic E-state index is 12.0. The predicted molar refractivity (Wildman–Crippen MR) is 113 cm³/mol. The maximum Gasteiger partial charge on any atom is 0.337 e. The number of halogens is 1. The van der Waals surface area contributed by atoms with Crippen LogP contribution in [0, 0.1) is 13.8 Å². The van der Waals surface area contributed by atoms with Crippen LogP contribution in [0.4, 0.5) is 0 Å². The van der Waals surface area contributed by atoms with E-state index in [1.807, 2.05) is 56.3 Å². The second-order valence-corrected chi connectivity index (χ2v) is 7.49. The van der Waals surface area contributed by atoms with E-state index < -0.39 is 5.97 Å². The van der Waals surface area contributed by atoms with Crippen molar-refractivity contribution in [1.82, 2.24) is 9.88 Å². The molecule has 1 atom stereocenters. The van der Waals surface area contributed by atoms with E-state index >= 15 is 0 Å². The molecule has 0 aliphatic rings. The normalized spacial score (nSPS) is 12.1. The van der Waals surface area contributed by atoms with Crippen molar-refractivity contribution in [3.8, 4) is 0 Å². The molecule has 1 aromatic heterocycles. The molecule has 3 aromatic rings. The summed E-state index contributed by atoms with van der Waals surface area (Å²) in [4.78, 5) is 12.0. The quantitative estimate of drug-likeness (QED) is 0.565. The van der Waals surface area contributed by atoms with Gasteiger partial charge < -0.3 is 15.0 Å². The molecule has 28 heavy (non-hydrogen) atoms. The Morgan fingerprint density at radius 1 is 1.07 bits per heavy atom. The highest BCUT2D eigenvalue weighted by atomic mass is 35.5. The third kappa shape index (κ3) is 4.29. The number of benzene rings is 2. The van der Waals surface area contributed by atoms with Crippen LogP contribution < -0.4 is 5.32 Å². The summed E-state index contributed by atoms with van der Waals surface area (Å²) in [6.45, 7) is 7.06. The number of carboxylic acids is 1. The van der Waals surface area contributed by atoms with Crippen molar-refractivity contribution in [2.24, 2.45) is 0 Å². The maximum atomic E-state index is 12.0. The fourth-order valence-electron chi connectivity index (χ4n) is 3.57. The molecule has 0 saturated heterocycles. The molecule has 0 bridgehead atoms. The number of aromatic nitrogens is 1. The third-order valence-electron chi connectivity index (χ3n) is 5.26. The number of carboxylic acid groups (broad SMARTS) is 1. The number of hydrogen-bond donors (Lipinski definition) is 2. The number of nitrogens with one attached hydrogen (secondary N) is 1. The van der Waals surface area contributed by atoms with Gasteiger partial charge in [0.2, 0.25) is 0 Å². The molecule has 5 heteroatoms. The zero-order chi connectivity index (χ0) is 20.3. The van der Waals surface area contributed by atoms with Crippen molar-refractivity contribution in [1.29, 1.82) is 0 Å². The minimum atomic E-state index is -0.889. The van der Waals surface area contributed by atoms with Gasteiger partial charge in [0.05, 0.1) is 5.56 Å². The third-order valence-corrected chi connectivity index (χ3v) is 5.51. The fourth-order valence-corrected chi connectivity index (χ4v) is 3.70. The lowest BCUT2D eigenvalue weighted by atomic mass is 10.1. The first-order valence-electron chi connectivity index (χ1n) is 9.33. The molecule has 0 saturated carbocycles. The van der Waals surface area contributed by atoms with Crippen LogP contribution in [0.15, 0.2) is 54.6 Å². The Balaban J connectivity index is 1.87. The monoisotopic (exact) mass is 396 g/mol. The first-order chi connectivity index (χ1) is 13.4. The van der Waals surface area contributed by atoms with E-state index in [0.29, 0.717) is 23.7 Å². The first-order valence-corrected chi connectivity index (χ1v) is 9.71. The van der Waals surface area contributed by atoms with E-state index in [0.717, 1.165) is 22.5 Å². The highest BCUT2D eigenvalue weighted by Gasteiger charge is 2.23. The van der Waals surface area contributed by atoms with Crippen molar-refractivity contribution >= 4 is 17.6 Å². The van der Waals surface area contributed by atoms with Gasteiger partial charge in [-0.2, -0.15) is 0 Å². The Kier molecular flexibility index (Phi) is 6.22. The van der Waals surface area contributed by atoms with Crippen LogP contribution in [0.3, 0.4) is 0 Å². The van der Waals surface area contributed by atoms with Gasteiger partial charge in [-0.3, -0.25) is 0 Å². The summed E-state index contributed by atoms with van der Waals surface area (Å²) in [5, 5.41) is 14.0. The number of carbonyl (C=O) groups is 1. The van der Waals surface area contributed by atoms with Gasteiger partial charge in [0.15, 0.2) is 0 Å². The molecule has 4 nitrogen and oxygen atoms in total. The van der Waals surface area contributed by atoms with Crippen LogP contribution in [0.1, 0.15) is 51.4 Å². The van der Waals surface area contributed by atoms with Crippen LogP contribution in [-0.4, -0.2) is 15.6 Å². The van der Waals surface area contributed by atoms with Crippen LogP contribution in [0.2, 0.25) is 5.02 Å². The van der Waals surface area contributed by atoms with E-state index in [2.05, 4.69) is 28.9 Å². The molecule has 0 radical (unpaired) electrons. The number of rotatable bonds is 7. The van der Waals surface area contributed by atoms with Crippen molar-refractivity contribution < 1.29 is 9.90 Å². The summed E-state index contributed by atoms with van der Waals surface area (Å²) in [5.74, 6) is -0.889. The summed E-state index contributed by atoms with van der Waals surface area (Å²) < 4.78 is 2.07. The molecule has 0 aliphatic heterocycles. The summed E-state index contributed by atoms with van der Waals surface area (Å²) >= 11 is 5.98. The van der Waals surface area contributed by atoms with Crippen molar-refractivity contribution in [3.05, 3.63) is 93.3 Å². The van der Waals surface area contributed by atoms with E-state index in [1.165, 1.54) is 5.56 Å². The molecule has 0 unspecified atom stereocenters. The number of aromatic carboxylic acids is 1.